The van der Waals surface area contributed by atoms with E-state index in [-0.39, 0.29) is 24.5 Å². The predicted molar refractivity (Wildman–Crippen MR) is 107 cm³/mol. The molecule has 0 unspecified atom stereocenters. The summed E-state index contributed by atoms with van der Waals surface area (Å²) in [7, 11) is 0. The van der Waals surface area contributed by atoms with Crippen LogP contribution in [0.2, 0.25) is 0 Å². The van der Waals surface area contributed by atoms with Gasteiger partial charge < -0.3 is 16.0 Å². The third-order valence-electron chi connectivity index (χ3n) is 4.99. The first-order valence-corrected chi connectivity index (χ1v) is 9.85. The molecule has 5 nitrogen and oxygen atoms in total. The van der Waals surface area contributed by atoms with Crippen LogP contribution in [-0.2, 0) is 4.79 Å². The minimum absolute atomic E-state index is 0.0253. The first-order valence-electron chi connectivity index (χ1n) is 9.85. The van der Waals surface area contributed by atoms with E-state index in [2.05, 4.69) is 55.8 Å². The van der Waals surface area contributed by atoms with Gasteiger partial charge >= 0.3 is 6.03 Å². The maximum absolute atomic E-state index is 12.4. The van der Waals surface area contributed by atoms with Crippen LogP contribution >= 0.6 is 0 Å². The summed E-state index contributed by atoms with van der Waals surface area (Å²) in [5.41, 5.74) is 3.13. The Labute approximate surface area is 157 Å². The van der Waals surface area contributed by atoms with Crippen molar-refractivity contribution in [3.8, 4) is 0 Å². The molecular weight excluding hydrogens is 326 g/mol. The molecule has 0 heterocycles. The van der Waals surface area contributed by atoms with Crippen molar-refractivity contribution in [2.24, 2.45) is 0 Å². The first-order chi connectivity index (χ1) is 12.4. The average molecular weight is 360 g/mol. The third kappa shape index (κ3) is 5.75. The molecule has 2 rings (SSSR count). The second kappa shape index (κ2) is 9.60. The second-order valence-electron chi connectivity index (χ2n) is 7.83. The average Bonchev–Trinajstić information content (AvgIpc) is 2.60. The Hall–Kier alpha value is -2.04. The van der Waals surface area contributed by atoms with Crippen molar-refractivity contribution < 1.29 is 9.59 Å². The largest absolute Gasteiger partial charge is 0.335 e. The molecule has 1 aromatic rings. The highest BCUT2D eigenvalue weighted by atomic mass is 16.2. The van der Waals surface area contributed by atoms with Crippen LogP contribution in [0.3, 0.4) is 0 Å². The number of carbonyl (C=O) groups excluding carboxylic acids is 2. The smallest absolute Gasteiger partial charge is 0.315 e. The van der Waals surface area contributed by atoms with Gasteiger partial charge in [-0.15, -0.1) is 0 Å². The van der Waals surface area contributed by atoms with Gasteiger partial charge in [0.15, 0.2) is 0 Å². The lowest BCUT2D eigenvalue weighted by atomic mass is 9.92. The van der Waals surface area contributed by atoms with Gasteiger partial charge in [0.1, 0.15) is 0 Å². The van der Waals surface area contributed by atoms with E-state index in [0.29, 0.717) is 11.8 Å². The lowest BCUT2D eigenvalue weighted by Crippen LogP contribution is -2.45. The van der Waals surface area contributed by atoms with Gasteiger partial charge in [-0.3, -0.25) is 4.79 Å². The molecule has 0 atom stereocenters. The monoisotopic (exact) mass is 359 g/mol. The van der Waals surface area contributed by atoms with Crippen molar-refractivity contribution >= 4 is 17.6 Å². The molecule has 1 fully saturated rings. The summed E-state index contributed by atoms with van der Waals surface area (Å²) >= 11 is 0. The van der Waals surface area contributed by atoms with Gasteiger partial charge in [0, 0.05) is 11.7 Å². The summed E-state index contributed by atoms with van der Waals surface area (Å²) in [6.45, 7) is 8.44. The summed E-state index contributed by atoms with van der Waals surface area (Å²) in [6.07, 6.45) is 5.62. The van der Waals surface area contributed by atoms with Crippen LogP contribution in [0, 0.1) is 0 Å². The molecule has 3 amide bonds. The topological polar surface area (TPSA) is 70.2 Å². The molecule has 0 aromatic heterocycles. The Kier molecular flexibility index (Phi) is 7.49. The second-order valence-corrected chi connectivity index (χ2v) is 7.83. The van der Waals surface area contributed by atoms with Crippen LogP contribution in [0.5, 0.6) is 0 Å². The summed E-state index contributed by atoms with van der Waals surface area (Å²) < 4.78 is 0. The van der Waals surface area contributed by atoms with Crippen molar-refractivity contribution in [1.29, 1.82) is 0 Å². The van der Waals surface area contributed by atoms with E-state index >= 15 is 0 Å². The Balaban J connectivity index is 1.93. The Bertz CT molecular complexity index is 593. The summed E-state index contributed by atoms with van der Waals surface area (Å²) in [4.78, 5) is 24.4. The van der Waals surface area contributed by atoms with E-state index in [0.717, 1.165) is 42.5 Å². The highest BCUT2D eigenvalue weighted by Crippen LogP contribution is 2.32. The van der Waals surface area contributed by atoms with E-state index in [1.54, 1.807) is 0 Å². The fourth-order valence-electron chi connectivity index (χ4n) is 3.52. The van der Waals surface area contributed by atoms with Crippen LogP contribution < -0.4 is 16.0 Å². The van der Waals surface area contributed by atoms with Crippen molar-refractivity contribution in [3.05, 3.63) is 29.3 Å². The number of hydrogen-bond donors (Lipinski definition) is 3. The molecule has 5 heteroatoms. The van der Waals surface area contributed by atoms with E-state index in [4.69, 9.17) is 0 Å². The van der Waals surface area contributed by atoms with Gasteiger partial charge in [0.2, 0.25) is 5.91 Å². The molecule has 3 N–H and O–H groups in total. The summed E-state index contributed by atoms with van der Waals surface area (Å²) in [6, 6.07) is 6.12. The maximum atomic E-state index is 12.4. The highest BCUT2D eigenvalue weighted by molar-refractivity contribution is 5.95. The van der Waals surface area contributed by atoms with Crippen LogP contribution in [0.25, 0.3) is 0 Å². The van der Waals surface area contributed by atoms with E-state index in [9.17, 15) is 9.59 Å². The van der Waals surface area contributed by atoms with Crippen molar-refractivity contribution in [2.45, 2.75) is 77.7 Å². The molecule has 1 aliphatic carbocycles. The quantitative estimate of drug-likeness (QED) is 0.700. The number of rotatable bonds is 6. The molecule has 26 heavy (non-hydrogen) atoms. The summed E-state index contributed by atoms with van der Waals surface area (Å²) in [5.74, 6) is 0.428. The number of carbonyl (C=O) groups is 2. The van der Waals surface area contributed by atoms with E-state index < -0.39 is 0 Å². The number of anilines is 1. The molecule has 1 aliphatic rings. The Morgan fingerprint density at radius 2 is 1.58 bits per heavy atom. The van der Waals surface area contributed by atoms with Gasteiger partial charge in [-0.1, -0.05) is 65.2 Å². The number of benzene rings is 1. The Morgan fingerprint density at radius 1 is 1.00 bits per heavy atom. The Morgan fingerprint density at radius 3 is 2.12 bits per heavy atom. The van der Waals surface area contributed by atoms with Gasteiger partial charge in [-0.05, 0) is 35.8 Å². The number of hydrogen-bond acceptors (Lipinski definition) is 2. The van der Waals surface area contributed by atoms with Crippen LogP contribution in [0.1, 0.15) is 82.8 Å². The third-order valence-corrected chi connectivity index (χ3v) is 4.99. The molecule has 0 spiro atoms. The fraction of sp³-hybridized carbons (Fsp3) is 0.619. The van der Waals surface area contributed by atoms with Crippen molar-refractivity contribution in [1.82, 2.24) is 10.6 Å². The number of amides is 3. The van der Waals surface area contributed by atoms with E-state index in [1.807, 2.05) is 6.07 Å². The minimum atomic E-state index is -0.256. The summed E-state index contributed by atoms with van der Waals surface area (Å²) in [5, 5.41) is 8.67. The lowest BCUT2D eigenvalue weighted by Gasteiger charge is -2.23. The van der Waals surface area contributed by atoms with Crippen LogP contribution in [0.4, 0.5) is 10.5 Å². The molecule has 1 aromatic carbocycles. The zero-order valence-electron chi connectivity index (χ0n) is 16.5. The lowest BCUT2D eigenvalue weighted by molar-refractivity contribution is -0.115. The fourth-order valence-corrected chi connectivity index (χ4v) is 3.52. The van der Waals surface area contributed by atoms with Crippen LogP contribution in [0.15, 0.2) is 18.2 Å². The first kappa shape index (κ1) is 20.3. The van der Waals surface area contributed by atoms with E-state index in [1.165, 1.54) is 6.42 Å². The zero-order chi connectivity index (χ0) is 19.1. The normalized spacial score (nSPS) is 15.2. The van der Waals surface area contributed by atoms with Gasteiger partial charge in [0.25, 0.3) is 0 Å². The van der Waals surface area contributed by atoms with Gasteiger partial charge in [-0.2, -0.15) is 0 Å². The number of urea groups is 1. The molecule has 0 saturated heterocycles. The SMILES string of the molecule is CC(C)c1cccc(C(C)C)c1NC(=O)CNC(=O)NC1CCCCC1. The zero-order valence-corrected chi connectivity index (χ0v) is 16.5. The molecular formula is C21H33N3O2. The number of para-hydroxylation sites is 1. The maximum Gasteiger partial charge on any atom is 0.315 e. The van der Waals surface area contributed by atoms with Crippen molar-refractivity contribution in [2.75, 3.05) is 11.9 Å². The van der Waals surface area contributed by atoms with Crippen molar-refractivity contribution in [3.63, 3.8) is 0 Å². The van der Waals surface area contributed by atoms with Gasteiger partial charge in [-0.25, -0.2) is 4.79 Å². The van der Waals surface area contributed by atoms with Gasteiger partial charge in [0.05, 0.1) is 6.54 Å². The predicted octanol–water partition coefficient (Wildman–Crippen LogP) is 4.50. The van der Waals surface area contributed by atoms with Crippen LogP contribution in [-0.4, -0.2) is 24.5 Å². The highest BCUT2D eigenvalue weighted by Gasteiger charge is 2.18. The minimum Gasteiger partial charge on any atom is -0.335 e. The molecule has 0 radical (unpaired) electrons. The molecule has 0 aliphatic heterocycles. The molecule has 144 valence electrons. The number of nitrogens with one attached hydrogen (secondary N) is 3. The molecule has 0 bridgehead atoms. The standard InChI is InChI=1S/C21H33N3O2/c1-14(2)17-11-8-12-18(15(3)4)20(17)24-19(25)13-22-21(26)23-16-9-6-5-7-10-16/h8,11-12,14-16H,5-7,9-10,13H2,1-4H3,(H,24,25)(H2,22,23,26). The molecule has 1 saturated carbocycles.